The number of anilines is 1. The minimum atomic E-state index is -0.607. The lowest BCUT2D eigenvalue weighted by Crippen LogP contribution is -2.24. The number of primary amides is 1. The zero-order chi connectivity index (χ0) is 18.2. The quantitative estimate of drug-likeness (QED) is 0.723. The fourth-order valence-electron chi connectivity index (χ4n) is 2.27. The molecule has 0 fully saturated rings. The zero-order valence-electron chi connectivity index (χ0n) is 14.5. The Morgan fingerprint density at radius 3 is 2.48 bits per heavy atom. The van der Waals surface area contributed by atoms with Gasteiger partial charge in [0.2, 0.25) is 5.91 Å². The van der Waals surface area contributed by atoms with Crippen molar-refractivity contribution in [3.63, 3.8) is 0 Å². The van der Waals surface area contributed by atoms with Crippen LogP contribution in [0.15, 0.2) is 42.5 Å². The van der Waals surface area contributed by atoms with Gasteiger partial charge in [-0.25, -0.2) is 4.79 Å². The van der Waals surface area contributed by atoms with Crippen molar-refractivity contribution in [1.82, 2.24) is 5.32 Å². The van der Waals surface area contributed by atoms with Crippen LogP contribution in [0.1, 0.15) is 23.1 Å². The number of nitrogens with one attached hydrogen (secondary N) is 2. The van der Waals surface area contributed by atoms with Crippen LogP contribution in [0.2, 0.25) is 0 Å². The van der Waals surface area contributed by atoms with E-state index < -0.39 is 6.03 Å². The second kappa shape index (κ2) is 8.73. The summed E-state index contributed by atoms with van der Waals surface area (Å²) in [6, 6.07) is 12.4. The van der Waals surface area contributed by atoms with Gasteiger partial charge in [-0.05, 0) is 48.7 Å². The summed E-state index contributed by atoms with van der Waals surface area (Å²) >= 11 is 0. The van der Waals surface area contributed by atoms with Crippen molar-refractivity contribution in [1.29, 1.82) is 0 Å². The Hall–Kier alpha value is -3.02. The summed E-state index contributed by atoms with van der Waals surface area (Å²) in [5.74, 6) is 0.731. The fourth-order valence-corrected chi connectivity index (χ4v) is 2.27. The van der Waals surface area contributed by atoms with Crippen molar-refractivity contribution >= 4 is 17.6 Å². The topological polar surface area (TPSA) is 93.4 Å². The molecule has 0 radical (unpaired) electrons. The van der Waals surface area contributed by atoms with Gasteiger partial charge in [0.25, 0.3) is 0 Å². The molecule has 2 aromatic rings. The monoisotopic (exact) mass is 341 g/mol. The predicted molar refractivity (Wildman–Crippen MR) is 97.5 cm³/mol. The Morgan fingerprint density at radius 2 is 1.80 bits per heavy atom. The van der Waals surface area contributed by atoms with Crippen LogP contribution < -0.4 is 21.1 Å². The maximum absolute atomic E-state index is 11.9. The minimum Gasteiger partial charge on any atom is -0.493 e. The first-order valence-electron chi connectivity index (χ1n) is 8.07. The van der Waals surface area contributed by atoms with Crippen molar-refractivity contribution in [2.75, 3.05) is 11.9 Å². The molecule has 0 aliphatic heterocycles. The van der Waals surface area contributed by atoms with E-state index in [0.717, 1.165) is 22.4 Å². The molecule has 0 saturated heterocycles. The summed E-state index contributed by atoms with van der Waals surface area (Å²) in [5, 5.41) is 5.32. The molecule has 25 heavy (non-hydrogen) atoms. The average Bonchev–Trinajstić information content (AvgIpc) is 2.57. The Morgan fingerprint density at radius 1 is 1.08 bits per heavy atom. The third-order valence-corrected chi connectivity index (χ3v) is 3.85. The Bertz CT molecular complexity index is 742. The molecule has 0 unspecified atom stereocenters. The summed E-state index contributed by atoms with van der Waals surface area (Å²) in [6.07, 6.45) is 0.286. The van der Waals surface area contributed by atoms with Crippen LogP contribution in [0.3, 0.4) is 0 Å². The third kappa shape index (κ3) is 5.84. The number of benzene rings is 2. The first-order chi connectivity index (χ1) is 12.0. The van der Waals surface area contributed by atoms with Crippen molar-refractivity contribution in [3.05, 3.63) is 59.2 Å². The molecule has 6 nitrogen and oxygen atoms in total. The van der Waals surface area contributed by atoms with Crippen LogP contribution >= 0.6 is 0 Å². The van der Waals surface area contributed by atoms with Crippen molar-refractivity contribution < 1.29 is 14.3 Å². The molecule has 0 atom stereocenters. The molecule has 0 bridgehead atoms. The summed E-state index contributed by atoms with van der Waals surface area (Å²) in [6.45, 7) is 4.78. The molecule has 4 N–H and O–H groups in total. The van der Waals surface area contributed by atoms with Crippen LogP contribution in [0.25, 0.3) is 0 Å². The molecule has 132 valence electrons. The highest BCUT2D eigenvalue weighted by molar-refractivity contribution is 5.87. The number of rotatable bonds is 7. The molecule has 0 heterocycles. The second-order valence-electron chi connectivity index (χ2n) is 5.76. The van der Waals surface area contributed by atoms with Gasteiger partial charge in [0.05, 0.1) is 13.0 Å². The van der Waals surface area contributed by atoms with Gasteiger partial charge in [0, 0.05) is 12.2 Å². The van der Waals surface area contributed by atoms with Crippen molar-refractivity contribution in [2.24, 2.45) is 5.73 Å². The number of aryl methyl sites for hydroxylation is 1. The van der Waals surface area contributed by atoms with E-state index in [9.17, 15) is 9.59 Å². The zero-order valence-corrected chi connectivity index (χ0v) is 14.5. The highest BCUT2D eigenvalue weighted by Crippen LogP contribution is 2.20. The molecule has 0 aliphatic rings. The van der Waals surface area contributed by atoms with Crippen LogP contribution in [0.5, 0.6) is 5.75 Å². The molecule has 6 heteroatoms. The number of hydrogen-bond acceptors (Lipinski definition) is 3. The van der Waals surface area contributed by atoms with Gasteiger partial charge in [0.1, 0.15) is 5.75 Å². The molecule has 0 aliphatic carbocycles. The van der Waals surface area contributed by atoms with E-state index in [1.807, 2.05) is 44.2 Å². The van der Waals surface area contributed by atoms with E-state index in [1.54, 1.807) is 12.1 Å². The standard InChI is InChI=1S/C19H23N3O3/c1-13-4-3-5-17(14(13)2)25-11-10-18(23)21-12-15-6-8-16(9-7-15)22-19(20)24/h3-9H,10-12H2,1-2H3,(H,21,23)(H3,20,22,24). The number of carbonyl (C=O) groups is 2. The van der Waals surface area contributed by atoms with E-state index in [0.29, 0.717) is 18.8 Å². The molecule has 3 amide bonds. The SMILES string of the molecule is Cc1cccc(OCCC(=O)NCc2ccc(NC(N)=O)cc2)c1C. The highest BCUT2D eigenvalue weighted by atomic mass is 16.5. The van der Waals surface area contributed by atoms with Gasteiger partial charge in [-0.3, -0.25) is 4.79 Å². The first-order valence-corrected chi connectivity index (χ1v) is 8.07. The fraction of sp³-hybridized carbons (Fsp3) is 0.263. The van der Waals surface area contributed by atoms with Crippen LogP contribution in [0, 0.1) is 13.8 Å². The van der Waals surface area contributed by atoms with Crippen LogP contribution in [0.4, 0.5) is 10.5 Å². The normalized spacial score (nSPS) is 10.2. The number of amides is 3. The van der Waals surface area contributed by atoms with Crippen LogP contribution in [-0.4, -0.2) is 18.5 Å². The smallest absolute Gasteiger partial charge is 0.316 e. The summed E-state index contributed by atoms with van der Waals surface area (Å²) < 4.78 is 5.68. The van der Waals surface area contributed by atoms with Gasteiger partial charge < -0.3 is 21.1 Å². The Labute approximate surface area is 147 Å². The average molecular weight is 341 g/mol. The molecule has 2 aromatic carbocycles. The number of ether oxygens (including phenoxy) is 1. The molecule has 0 saturated carbocycles. The lowest BCUT2D eigenvalue weighted by molar-refractivity contribution is -0.121. The van der Waals surface area contributed by atoms with E-state index >= 15 is 0 Å². The Balaban J connectivity index is 1.73. The second-order valence-corrected chi connectivity index (χ2v) is 5.76. The highest BCUT2D eigenvalue weighted by Gasteiger charge is 2.05. The van der Waals surface area contributed by atoms with Gasteiger partial charge in [-0.1, -0.05) is 24.3 Å². The Kier molecular flexibility index (Phi) is 6.39. The molecule has 2 rings (SSSR count). The molecule has 0 aromatic heterocycles. The minimum absolute atomic E-state index is 0.0790. The lowest BCUT2D eigenvalue weighted by atomic mass is 10.1. The van der Waals surface area contributed by atoms with Crippen LogP contribution in [-0.2, 0) is 11.3 Å². The van der Waals surface area contributed by atoms with E-state index in [1.165, 1.54) is 0 Å². The van der Waals surface area contributed by atoms with Crippen molar-refractivity contribution in [2.45, 2.75) is 26.8 Å². The van der Waals surface area contributed by atoms with E-state index in [-0.39, 0.29) is 12.3 Å². The number of carbonyl (C=O) groups excluding carboxylic acids is 2. The third-order valence-electron chi connectivity index (χ3n) is 3.85. The molecular formula is C19H23N3O3. The predicted octanol–water partition coefficient (Wildman–Crippen LogP) is 2.88. The van der Waals surface area contributed by atoms with E-state index in [2.05, 4.69) is 10.6 Å². The lowest BCUT2D eigenvalue weighted by Gasteiger charge is -2.11. The summed E-state index contributed by atoms with van der Waals surface area (Å²) in [4.78, 5) is 22.7. The van der Waals surface area contributed by atoms with Gasteiger partial charge in [0.15, 0.2) is 0 Å². The van der Waals surface area contributed by atoms with Gasteiger partial charge in [-0.15, -0.1) is 0 Å². The number of urea groups is 1. The largest absolute Gasteiger partial charge is 0.493 e. The summed E-state index contributed by atoms with van der Waals surface area (Å²) in [5.41, 5.74) is 8.85. The van der Waals surface area contributed by atoms with E-state index in [4.69, 9.17) is 10.5 Å². The van der Waals surface area contributed by atoms with Gasteiger partial charge >= 0.3 is 6.03 Å². The van der Waals surface area contributed by atoms with Crippen molar-refractivity contribution in [3.8, 4) is 5.75 Å². The maximum atomic E-state index is 11.9. The number of hydrogen-bond donors (Lipinski definition) is 3. The molecule has 0 spiro atoms. The summed E-state index contributed by atoms with van der Waals surface area (Å²) in [7, 11) is 0. The number of nitrogens with two attached hydrogens (primary N) is 1. The first kappa shape index (κ1) is 18.3. The van der Waals surface area contributed by atoms with Gasteiger partial charge in [-0.2, -0.15) is 0 Å². The molecular weight excluding hydrogens is 318 g/mol. The maximum Gasteiger partial charge on any atom is 0.316 e.